The van der Waals surface area contributed by atoms with Crippen LogP contribution in [-0.4, -0.2) is 36.2 Å². The maximum Gasteiger partial charge on any atom is 0.331 e. The van der Waals surface area contributed by atoms with Gasteiger partial charge in [0.1, 0.15) is 5.82 Å². The zero-order valence-corrected chi connectivity index (χ0v) is 17.2. The Balaban J connectivity index is 1.94. The number of aromatic nitrogens is 1. The van der Waals surface area contributed by atoms with E-state index < -0.39 is 18.0 Å². The number of esters is 1. The van der Waals surface area contributed by atoms with Gasteiger partial charge in [-0.15, -0.1) is 0 Å². The summed E-state index contributed by atoms with van der Waals surface area (Å²) in [4.78, 5) is 28.1. The van der Waals surface area contributed by atoms with Gasteiger partial charge in [-0.3, -0.25) is 4.79 Å². The number of hydrogen-bond donors (Lipinski definition) is 1. The van der Waals surface area contributed by atoms with Crippen molar-refractivity contribution in [2.45, 2.75) is 26.9 Å². The molecule has 1 atom stereocenters. The number of amides is 1. The van der Waals surface area contributed by atoms with Crippen LogP contribution in [0.15, 0.2) is 42.6 Å². The van der Waals surface area contributed by atoms with Crippen molar-refractivity contribution >= 4 is 35.4 Å². The number of anilines is 1. The smallest absolute Gasteiger partial charge is 0.331 e. The van der Waals surface area contributed by atoms with Crippen LogP contribution in [0.2, 0.25) is 5.02 Å². The van der Waals surface area contributed by atoms with Gasteiger partial charge < -0.3 is 19.5 Å². The molecule has 8 heteroatoms. The summed E-state index contributed by atoms with van der Waals surface area (Å²) < 4.78 is 16.2. The largest absolute Gasteiger partial charge is 0.490 e. The summed E-state index contributed by atoms with van der Waals surface area (Å²) in [5.74, 6) is 0.392. The van der Waals surface area contributed by atoms with E-state index in [0.29, 0.717) is 35.6 Å². The van der Waals surface area contributed by atoms with Gasteiger partial charge in [-0.2, -0.15) is 0 Å². The van der Waals surface area contributed by atoms with Crippen LogP contribution in [0.1, 0.15) is 26.3 Å². The Kier molecular flexibility index (Phi) is 8.48. The second-order valence-electron chi connectivity index (χ2n) is 5.84. The molecule has 0 fully saturated rings. The fourth-order valence-corrected chi connectivity index (χ4v) is 2.39. The second-order valence-corrected chi connectivity index (χ2v) is 6.27. The Labute approximate surface area is 174 Å². The van der Waals surface area contributed by atoms with Gasteiger partial charge in [0.05, 0.1) is 18.2 Å². The molecule has 0 aliphatic carbocycles. The van der Waals surface area contributed by atoms with Crippen LogP contribution < -0.4 is 14.8 Å². The molecular weight excluding hydrogens is 396 g/mol. The molecular formula is C21H23ClN2O5. The molecule has 29 heavy (non-hydrogen) atoms. The molecule has 2 rings (SSSR count). The molecule has 0 saturated heterocycles. The lowest BCUT2D eigenvalue weighted by Crippen LogP contribution is -2.29. The minimum atomic E-state index is -0.996. The second kappa shape index (κ2) is 11.1. The SMILES string of the molecule is CCOc1ccc(/C=C/C(=O)O[C@@H](C)C(=O)Nc2ccc(Cl)cn2)cc1OCC. The molecule has 2 aromatic rings. The number of ether oxygens (including phenoxy) is 3. The zero-order chi connectivity index (χ0) is 21.2. The van der Waals surface area contributed by atoms with Crippen LogP contribution in [0.25, 0.3) is 6.08 Å². The molecule has 1 heterocycles. The predicted octanol–water partition coefficient (Wildman–Crippen LogP) is 4.12. The number of benzene rings is 1. The molecule has 1 N–H and O–H groups in total. The Morgan fingerprint density at radius 2 is 1.86 bits per heavy atom. The van der Waals surface area contributed by atoms with Gasteiger partial charge in [-0.05, 0) is 56.7 Å². The predicted molar refractivity (Wildman–Crippen MR) is 111 cm³/mol. The van der Waals surface area contributed by atoms with Crippen LogP contribution in [0.3, 0.4) is 0 Å². The number of hydrogen-bond acceptors (Lipinski definition) is 6. The Morgan fingerprint density at radius 3 is 2.52 bits per heavy atom. The molecule has 1 aromatic carbocycles. The molecule has 154 valence electrons. The van der Waals surface area contributed by atoms with Gasteiger partial charge in [0.15, 0.2) is 17.6 Å². The van der Waals surface area contributed by atoms with Crippen LogP contribution in [0, 0.1) is 0 Å². The first-order valence-electron chi connectivity index (χ1n) is 9.13. The summed E-state index contributed by atoms with van der Waals surface area (Å²) >= 11 is 5.75. The van der Waals surface area contributed by atoms with E-state index in [1.54, 1.807) is 36.4 Å². The first-order valence-corrected chi connectivity index (χ1v) is 9.51. The van der Waals surface area contributed by atoms with E-state index in [2.05, 4.69) is 10.3 Å². The van der Waals surface area contributed by atoms with Gasteiger partial charge in [0.2, 0.25) is 0 Å². The third kappa shape index (κ3) is 7.12. The van der Waals surface area contributed by atoms with Crippen molar-refractivity contribution in [3.05, 3.63) is 53.2 Å². The van der Waals surface area contributed by atoms with Crippen LogP contribution >= 0.6 is 11.6 Å². The molecule has 0 aliphatic rings. The van der Waals surface area contributed by atoms with Crippen LogP contribution in [0.4, 0.5) is 5.82 Å². The van der Waals surface area contributed by atoms with Crippen molar-refractivity contribution in [2.24, 2.45) is 0 Å². The lowest BCUT2D eigenvalue weighted by Gasteiger charge is -2.12. The highest BCUT2D eigenvalue weighted by Crippen LogP contribution is 2.29. The summed E-state index contributed by atoms with van der Waals surface area (Å²) in [5, 5.41) is 3.00. The van der Waals surface area contributed by atoms with E-state index >= 15 is 0 Å². The third-order valence-electron chi connectivity index (χ3n) is 3.62. The minimum Gasteiger partial charge on any atom is -0.490 e. The average molecular weight is 419 g/mol. The van der Waals surface area contributed by atoms with E-state index in [-0.39, 0.29) is 0 Å². The van der Waals surface area contributed by atoms with Gasteiger partial charge in [-0.25, -0.2) is 9.78 Å². The topological polar surface area (TPSA) is 86.8 Å². The fraction of sp³-hybridized carbons (Fsp3) is 0.286. The average Bonchev–Trinajstić information content (AvgIpc) is 2.70. The minimum absolute atomic E-state index is 0.315. The van der Waals surface area contributed by atoms with Gasteiger partial charge in [0, 0.05) is 12.3 Å². The highest BCUT2D eigenvalue weighted by Gasteiger charge is 2.17. The number of carbonyl (C=O) groups excluding carboxylic acids is 2. The summed E-state index contributed by atoms with van der Waals surface area (Å²) in [6, 6.07) is 8.47. The summed E-state index contributed by atoms with van der Waals surface area (Å²) in [6.45, 7) is 6.25. The molecule has 0 spiro atoms. The first kappa shape index (κ1) is 22.2. The van der Waals surface area contributed by atoms with Crippen molar-refractivity contribution < 1.29 is 23.8 Å². The number of pyridine rings is 1. The van der Waals surface area contributed by atoms with Crippen LogP contribution in [0.5, 0.6) is 11.5 Å². The van der Waals surface area contributed by atoms with E-state index in [0.717, 1.165) is 5.56 Å². The lowest BCUT2D eigenvalue weighted by molar-refractivity contribution is -0.148. The molecule has 0 saturated carbocycles. The normalized spacial score (nSPS) is 11.7. The Hall–Kier alpha value is -3.06. The number of rotatable bonds is 9. The molecule has 0 bridgehead atoms. The lowest BCUT2D eigenvalue weighted by atomic mass is 10.2. The van der Waals surface area contributed by atoms with Crippen molar-refractivity contribution in [3.8, 4) is 11.5 Å². The maximum atomic E-state index is 12.1. The number of nitrogens with zero attached hydrogens (tertiary/aromatic N) is 1. The highest BCUT2D eigenvalue weighted by atomic mass is 35.5. The van der Waals surface area contributed by atoms with Crippen molar-refractivity contribution in [1.29, 1.82) is 0 Å². The van der Waals surface area contributed by atoms with E-state index in [1.807, 2.05) is 13.8 Å². The molecule has 0 aliphatic heterocycles. The monoisotopic (exact) mass is 418 g/mol. The number of carbonyl (C=O) groups is 2. The zero-order valence-electron chi connectivity index (χ0n) is 16.5. The third-order valence-corrected chi connectivity index (χ3v) is 3.84. The van der Waals surface area contributed by atoms with E-state index in [1.165, 1.54) is 19.2 Å². The van der Waals surface area contributed by atoms with Crippen molar-refractivity contribution in [3.63, 3.8) is 0 Å². The molecule has 1 amide bonds. The van der Waals surface area contributed by atoms with Gasteiger partial charge >= 0.3 is 5.97 Å². The Morgan fingerprint density at radius 1 is 1.14 bits per heavy atom. The number of halogens is 1. The summed E-state index contributed by atoms with van der Waals surface area (Å²) in [7, 11) is 0. The standard InChI is InChI=1S/C21H23ClN2O5/c1-4-27-17-9-6-15(12-18(17)28-5-2)7-11-20(25)29-14(3)21(26)24-19-10-8-16(22)13-23-19/h6-14H,4-5H2,1-3H3,(H,23,24,26)/b11-7+/t14-/m0/s1. The molecule has 0 radical (unpaired) electrons. The Bertz CT molecular complexity index is 868. The van der Waals surface area contributed by atoms with Gasteiger partial charge in [0.25, 0.3) is 5.91 Å². The molecule has 0 unspecified atom stereocenters. The van der Waals surface area contributed by atoms with Crippen molar-refractivity contribution in [1.82, 2.24) is 4.98 Å². The van der Waals surface area contributed by atoms with E-state index in [9.17, 15) is 9.59 Å². The first-order chi connectivity index (χ1) is 13.9. The summed E-state index contributed by atoms with van der Waals surface area (Å²) in [5.41, 5.74) is 0.733. The summed E-state index contributed by atoms with van der Waals surface area (Å²) in [6.07, 6.45) is 3.23. The maximum absolute atomic E-state index is 12.1. The molecule has 1 aromatic heterocycles. The van der Waals surface area contributed by atoms with Crippen molar-refractivity contribution in [2.75, 3.05) is 18.5 Å². The number of nitrogens with one attached hydrogen (secondary N) is 1. The fourth-order valence-electron chi connectivity index (χ4n) is 2.28. The molecule has 7 nitrogen and oxygen atoms in total. The quantitative estimate of drug-likeness (QED) is 0.487. The van der Waals surface area contributed by atoms with E-state index in [4.69, 9.17) is 25.8 Å². The highest BCUT2D eigenvalue weighted by molar-refractivity contribution is 6.30. The van der Waals surface area contributed by atoms with Gasteiger partial charge in [-0.1, -0.05) is 17.7 Å². The van der Waals surface area contributed by atoms with Crippen LogP contribution in [-0.2, 0) is 14.3 Å².